The van der Waals surface area contributed by atoms with E-state index >= 15 is 0 Å². The molecule has 0 aliphatic carbocycles. The van der Waals surface area contributed by atoms with E-state index in [2.05, 4.69) is 20.9 Å². The maximum Gasteiger partial charge on any atom is 0.407 e. The van der Waals surface area contributed by atoms with Gasteiger partial charge in [-0.2, -0.15) is 0 Å². The number of ether oxygens (including phenoxy) is 4. The van der Waals surface area contributed by atoms with Crippen molar-refractivity contribution in [3.05, 3.63) is 41.0 Å². The third kappa shape index (κ3) is 13.9. The molecule has 1 saturated heterocycles. The number of aromatic nitrogens is 1. The van der Waals surface area contributed by atoms with Crippen LogP contribution in [0.1, 0.15) is 59.2 Å². The van der Waals surface area contributed by atoms with Gasteiger partial charge in [0.2, 0.25) is 11.8 Å². The molecule has 2 heterocycles. The van der Waals surface area contributed by atoms with Crippen molar-refractivity contribution < 1.29 is 38.4 Å². The average Bonchev–Trinajstić information content (AvgIpc) is 3.63. The highest BCUT2D eigenvalue weighted by atomic mass is 32.1. The molecule has 1 fully saturated rings. The Kier molecular flexibility index (Phi) is 15.9. The highest BCUT2D eigenvalue weighted by Crippen LogP contribution is 2.28. The fraction of sp³-hybridized carbons (Fsp3) is 0.657. The zero-order valence-corrected chi connectivity index (χ0v) is 30.8. The number of aliphatic hydroxyl groups excluding tert-OH is 1. The second kappa shape index (κ2) is 19.3. The zero-order valence-electron chi connectivity index (χ0n) is 30.0. The maximum atomic E-state index is 13.8. The van der Waals surface area contributed by atoms with Crippen LogP contribution in [0, 0.1) is 12.3 Å². The van der Waals surface area contributed by atoms with Gasteiger partial charge in [0.1, 0.15) is 11.6 Å². The Balaban J connectivity index is 1.35. The Labute approximate surface area is 294 Å². The van der Waals surface area contributed by atoms with Crippen molar-refractivity contribution in [1.29, 1.82) is 0 Å². The van der Waals surface area contributed by atoms with E-state index in [4.69, 9.17) is 18.9 Å². The predicted molar refractivity (Wildman–Crippen MR) is 188 cm³/mol. The number of hydrogen-bond donors (Lipinski definition) is 4. The maximum absolute atomic E-state index is 13.8. The van der Waals surface area contributed by atoms with Crippen LogP contribution in [0.4, 0.5) is 4.79 Å². The summed E-state index contributed by atoms with van der Waals surface area (Å²) in [6.45, 7) is 16.7. The van der Waals surface area contributed by atoms with Gasteiger partial charge in [0.25, 0.3) is 0 Å². The minimum atomic E-state index is -0.773. The summed E-state index contributed by atoms with van der Waals surface area (Å²) in [7, 11) is 0. The van der Waals surface area contributed by atoms with Crippen LogP contribution in [0.5, 0.6) is 0 Å². The van der Waals surface area contributed by atoms with E-state index in [0.29, 0.717) is 59.3 Å². The quantitative estimate of drug-likeness (QED) is 0.170. The molecule has 1 aromatic heterocycles. The highest BCUT2D eigenvalue weighted by molar-refractivity contribution is 7.13. The van der Waals surface area contributed by atoms with Gasteiger partial charge in [-0.25, -0.2) is 9.78 Å². The molecule has 274 valence electrons. The average molecular weight is 706 g/mol. The Morgan fingerprint density at radius 3 is 2.12 bits per heavy atom. The molecule has 0 radical (unpaired) electrons. The van der Waals surface area contributed by atoms with Crippen molar-refractivity contribution in [2.75, 3.05) is 59.3 Å². The number of aryl methyl sites for hydroxylation is 1. The van der Waals surface area contributed by atoms with Gasteiger partial charge in [0.15, 0.2) is 0 Å². The lowest BCUT2D eigenvalue weighted by atomic mass is 9.85. The summed E-state index contributed by atoms with van der Waals surface area (Å²) in [6.07, 6.45) is -1.06. The molecule has 0 saturated carbocycles. The molecule has 3 amide bonds. The van der Waals surface area contributed by atoms with Crippen LogP contribution >= 0.6 is 11.3 Å². The van der Waals surface area contributed by atoms with Crippen LogP contribution in [-0.4, -0.2) is 116 Å². The van der Waals surface area contributed by atoms with Gasteiger partial charge in [-0.05, 0) is 44.2 Å². The van der Waals surface area contributed by atoms with Crippen molar-refractivity contribution in [2.45, 2.75) is 85.2 Å². The third-order valence-electron chi connectivity index (χ3n) is 7.66. The number of β-amino-alcohol motifs (C(OH)–C–C–N with tert-alkyl or cyclic N) is 1. The molecule has 3 atom stereocenters. The summed E-state index contributed by atoms with van der Waals surface area (Å²) in [5, 5.41) is 19.4. The molecule has 1 aliphatic rings. The molecule has 0 spiro atoms. The lowest BCUT2D eigenvalue weighted by Gasteiger charge is -2.35. The first-order valence-corrected chi connectivity index (χ1v) is 17.7. The van der Waals surface area contributed by atoms with Gasteiger partial charge in [-0.1, -0.05) is 45.0 Å². The molecule has 1 unspecified atom stereocenters. The summed E-state index contributed by atoms with van der Waals surface area (Å²) in [6, 6.07) is 6.63. The second-order valence-electron chi connectivity index (χ2n) is 14.1. The number of thiazole rings is 1. The van der Waals surface area contributed by atoms with Crippen molar-refractivity contribution in [2.24, 2.45) is 5.41 Å². The molecular weight excluding hydrogens is 650 g/mol. The SMILES string of the molecule is Cc1ncsc1-c1ccc(CNC(=O)C2C[C@@H](O)CN2C(=O)[C@@H](NCCOCCOCCOCCNC(=O)OC(C)(C)C)C(C)(C)C)cc1. The zero-order chi connectivity index (χ0) is 36.0. The topological polar surface area (TPSA) is 161 Å². The van der Waals surface area contributed by atoms with Crippen molar-refractivity contribution in [3.63, 3.8) is 0 Å². The van der Waals surface area contributed by atoms with Gasteiger partial charge in [-0.15, -0.1) is 11.3 Å². The number of likely N-dealkylation sites (tertiary alicyclic amines) is 1. The molecule has 1 aromatic carbocycles. The number of alkyl carbamates (subject to hydrolysis) is 1. The van der Waals surface area contributed by atoms with Gasteiger partial charge in [-0.3, -0.25) is 9.59 Å². The summed E-state index contributed by atoms with van der Waals surface area (Å²) in [4.78, 5) is 45.6. The second-order valence-corrected chi connectivity index (χ2v) is 15.0. The van der Waals surface area contributed by atoms with Crippen LogP contribution in [0.3, 0.4) is 0 Å². The molecule has 2 aromatic rings. The van der Waals surface area contributed by atoms with Crippen LogP contribution in [0.2, 0.25) is 0 Å². The Morgan fingerprint density at radius 2 is 1.55 bits per heavy atom. The molecule has 0 bridgehead atoms. The number of aliphatic hydroxyl groups is 1. The van der Waals surface area contributed by atoms with E-state index in [1.54, 1.807) is 32.1 Å². The molecule has 1 aliphatic heterocycles. The van der Waals surface area contributed by atoms with E-state index in [0.717, 1.165) is 21.7 Å². The number of nitrogens with zero attached hydrogens (tertiary/aromatic N) is 2. The lowest BCUT2D eigenvalue weighted by Crippen LogP contribution is -2.57. The van der Waals surface area contributed by atoms with Gasteiger partial charge >= 0.3 is 6.09 Å². The number of benzene rings is 1. The highest BCUT2D eigenvalue weighted by Gasteiger charge is 2.43. The summed E-state index contributed by atoms with van der Waals surface area (Å²) < 4.78 is 21.8. The molecule has 49 heavy (non-hydrogen) atoms. The van der Waals surface area contributed by atoms with E-state index in [1.807, 2.05) is 57.5 Å². The van der Waals surface area contributed by atoms with Gasteiger partial charge < -0.3 is 44.9 Å². The van der Waals surface area contributed by atoms with Crippen LogP contribution in [0.15, 0.2) is 29.8 Å². The van der Waals surface area contributed by atoms with E-state index < -0.39 is 35.3 Å². The first-order valence-electron chi connectivity index (χ1n) is 16.8. The number of carbonyl (C=O) groups excluding carboxylic acids is 3. The standard InChI is InChI=1S/C35H55N5O8S/c1-24-29(49-23-39-24)26-10-8-25(9-11-26)21-38-31(42)28-20-27(41)22-40(28)32(43)30(34(2,3)4)36-12-14-45-16-18-47-19-17-46-15-13-37-33(44)48-35(5,6)7/h8-11,23,27-28,30,36,41H,12-22H2,1-7H3,(H,37,44)(H,38,42)/t27-,28?,30-/m1/s1. The number of hydrogen-bond acceptors (Lipinski definition) is 11. The minimum absolute atomic E-state index is 0.103. The van der Waals surface area contributed by atoms with Crippen molar-refractivity contribution in [1.82, 2.24) is 25.8 Å². The predicted octanol–water partition coefficient (Wildman–Crippen LogP) is 3.28. The first-order chi connectivity index (χ1) is 23.2. The summed E-state index contributed by atoms with van der Waals surface area (Å²) >= 11 is 1.59. The van der Waals surface area contributed by atoms with Gasteiger partial charge in [0.05, 0.1) is 67.9 Å². The molecular formula is C35H55N5O8S. The van der Waals surface area contributed by atoms with E-state index in [1.165, 1.54) is 4.90 Å². The van der Waals surface area contributed by atoms with Crippen LogP contribution in [-0.2, 0) is 35.1 Å². The van der Waals surface area contributed by atoms with Crippen molar-refractivity contribution >= 4 is 29.2 Å². The number of carbonyl (C=O) groups is 3. The fourth-order valence-corrected chi connectivity index (χ4v) is 6.06. The van der Waals surface area contributed by atoms with Crippen LogP contribution < -0.4 is 16.0 Å². The third-order valence-corrected chi connectivity index (χ3v) is 8.64. The Bertz CT molecular complexity index is 1320. The van der Waals surface area contributed by atoms with Crippen LogP contribution in [0.25, 0.3) is 10.4 Å². The number of rotatable bonds is 18. The monoisotopic (exact) mass is 705 g/mol. The van der Waals surface area contributed by atoms with E-state index in [9.17, 15) is 19.5 Å². The Morgan fingerprint density at radius 1 is 0.939 bits per heavy atom. The van der Waals surface area contributed by atoms with Crippen molar-refractivity contribution in [3.8, 4) is 10.4 Å². The molecule has 4 N–H and O–H groups in total. The summed E-state index contributed by atoms with van der Waals surface area (Å²) in [5.41, 5.74) is 3.84. The molecule has 3 rings (SSSR count). The molecule has 14 heteroatoms. The van der Waals surface area contributed by atoms with Gasteiger partial charge in [0, 0.05) is 32.6 Å². The number of amides is 3. The number of nitrogens with one attached hydrogen (secondary N) is 3. The summed E-state index contributed by atoms with van der Waals surface area (Å²) in [5.74, 6) is -0.510. The largest absolute Gasteiger partial charge is 0.444 e. The molecule has 13 nitrogen and oxygen atoms in total. The Hall–Kier alpha value is -3.14. The van der Waals surface area contributed by atoms with E-state index in [-0.39, 0.29) is 24.8 Å². The normalized spacial score (nSPS) is 17.2. The first kappa shape index (κ1) is 40.3. The minimum Gasteiger partial charge on any atom is -0.444 e. The lowest BCUT2D eigenvalue weighted by molar-refractivity contribution is -0.142. The smallest absolute Gasteiger partial charge is 0.407 e. The fourth-order valence-electron chi connectivity index (χ4n) is 5.25.